The highest BCUT2D eigenvalue weighted by Crippen LogP contribution is 2.36. The zero-order chi connectivity index (χ0) is 13.3. The van der Waals surface area contributed by atoms with Crippen LogP contribution in [0, 0.1) is 13.8 Å². The van der Waals surface area contributed by atoms with Crippen molar-refractivity contribution in [1.82, 2.24) is 5.32 Å². The molecule has 0 aliphatic heterocycles. The van der Waals surface area contributed by atoms with Gasteiger partial charge >= 0.3 is 0 Å². The summed E-state index contributed by atoms with van der Waals surface area (Å²) in [4.78, 5) is 2.64. The predicted molar refractivity (Wildman–Crippen MR) is 86.5 cm³/mol. The van der Waals surface area contributed by atoms with Crippen molar-refractivity contribution in [2.45, 2.75) is 19.9 Å². The molecule has 0 saturated carbocycles. The van der Waals surface area contributed by atoms with Crippen molar-refractivity contribution in [3.05, 3.63) is 54.1 Å². The Balaban J connectivity index is 2.45. The summed E-state index contributed by atoms with van der Waals surface area (Å²) in [7, 11) is 2.00. The van der Waals surface area contributed by atoms with E-state index < -0.39 is 0 Å². The summed E-state index contributed by atoms with van der Waals surface area (Å²) in [6.07, 6.45) is 0. The summed E-state index contributed by atoms with van der Waals surface area (Å²) in [5, 5.41) is 3.40. The predicted octanol–water partition coefficient (Wildman–Crippen LogP) is 5.20. The van der Waals surface area contributed by atoms with E-state index in [1.165, 1.54) is 25.4 Å². The molecule has 2 rings (SSSR count). The fraction of sp³-hybridized carbons (Fsp3) is 0.286. The van der Waals surface area contributed by atoms with Gasteiger partial charge in [-0.3, -0.25) is 0 Å². The number of nitrogens with one attached hydrogen (secondary N) is 1. The number of hydrogen-bond donors (Lipinski definition) is 1. The highest BCUT2D eigenvalue weighted by molar-refractivity contribution is 9.10. The summed E-state index contributed by atoms with van der Waals surface area (Å²) in [6.45, 7) is 4.24. The van der Waals surface area contributed by atoms with Gasteiger partial charge in [-0.05, 0) is 60.1 Å². The van der Waals surface area contributed by atoms with E-state index in [0.29, 0.717) is 0 Å². The van der Waals surface area contributed by atoms with E-state index in [-0.39, 0.29) is 6.04 Å². The van der Waals surface area contributed by atoms with E-state index in [1.54, 1.807) is 0 Å². The van der Waals surface area contributed by atoms with Crippen LogP contribution < -0.4 is 5.32 Å². The molecule has 0 saturated heterocycles. The van der Waals surface area contributed by atoms with Crippen LogP contribution in [0.5, 0.6) is 0 Å². The van der Waals surface area contributed by atoms with Crippen LogP contribution in [0.15, 0.2) is 33.2 Å². The van der Waals surface area contributed by atoms with Crippen LogP contribution in [0.1, 0.15) is 26.9 Å². The highest BCUT2D eigenvalue weighted by Gasteiger charge is 2.17. The first-order chi connectivity index (χ1) is 8.52. The SMILES string of the molecule is CNC(c1cc(Br)c(C)s1)c1ccc(C)cc1Br. The maximum atomic E-state index is 3.66. The molecule has 0 fully saturated rings. The molecule has 1 atom stereocenters. The Bertz CT molecular complexity index is 543. The minimum atomic E-state index is 0.231. The molecule has 0 bridgehead atoms. The van der Waals surface area contributed by atoms with Crippen LogP contribution in [-0.2, 0) is 0 Å². The lowest BCUT2D eigenvalue weighted by molar-refractivity contribution is 0.700. The second-order valence-corrected chi connectivity index (χ2v) is 7.30. The molecule has 0 aliphatic carbocycles. The number of aryl methyl sites for hydroxylation is 2. The summed E-state index contributed by atoms with van der Waals surface area (Å²) >= 11 is 9.08. The van der Waals surface area contributed by atoms with E-state index in [0.717, 1.165) is 4.47 Å². The van der Waals surface area contributed by atoms with Gasteiger partial charge in [-0.25, -0.2) is 0 Å². The quantitative estimate of drug-likeness (QED) is 0.761. The Morgan fingerprint density at radius 2 is 1.83 bits per heavy atom. The Morgan fingerprint density at radius 3 is 2.33 bits per heavy atom. The summed E-state index contributed by atoms with van der Waals surface area (Å²) in [6, 6.07) is 8.93. The van der Waals surface area contributed by atoms with Crippen molar-refractivity contribution in [3.63, 3.8) is 0 Å². The fourth-order valence-corrected chi connectivity index (χ4v) is 4.35. The van der Waals surface area contributed by atoms with Gasteiger partial charge in [0.1, 0.15) is 0 Å². The highest BCUT2D eigenvalue weighted by atomic mass is 79.9. The third kappa shape index (κ3) is 2.87. The Hall–Kier alpha value is -0.160. The minimum absolute atomic E-state index is 0.231. The van der Waals surface area contributed by atoms with Crippen molar-refractivity contribution >= 4 is 43.2 Å². The summed E-state index contributed by atoms with van der Waals surface area (Å²) in [5.74, 6) is 0. The van der Waals surface area contributed by atoms with Gasteiger partial charge in [0, 0.05) is 18.7 Å². The first-order valence-corrected chi connectivity index (χ1v) is 8.12. The molecule has 1 aromatic heterocycles. The van der Waals surface area contributed by atoms with Crippen molar-refractivity contribution < 1.29 is 0 Å². The molecule has 1 N–H and O–H groups in total. The minimum Gasteiger partial charge on any atom is -0.309 e. The van der Waals surface area contributed by atoms with Crippen molar-refractivity contribution in [2.75, 3.05) is 7.05 Å². The van der Waals surface area contributed by atoms with E-state index in [9.17, 15) is 0 Å². The number of halogens is 2. The van der Waals surface area contributed by atoms with Crippen molar-refractivity contribution in [2.24, 2.45) is 0 Å². The zero-order valence-corrected chi connectivity index (χ0v) is 14.5. The molecule has 0 spiro atoms. The molecule has 4 heteroatoms. The maximum absolute atomic E-state index is 3.66. The molecular weight excluding hydrogens is 374 g/mol. The molecule has 1 aromatic carbocycles. The largest absolute Gasteiger partial charge is 0.309 e. The van der Waals surface area contributed by atoms with Gasteiger partial charge in [-0.2, -0.15) is 0 Å². The monoisotopic (exact) mass is 387 g/mol. The van der Waals surface area contributed by atoms with Gasteiger partial charge in [-0.15, -0.1) is 11.3 Å². The Kier molecular flexibility index (Phi) is 4.64. The molecule has 1 heterocycles. The molecule has 0 radical (unpaired) electrons. The van der Waals surface area contributed by atoms with E-state index in [4.69, 9.17) is 0 Å². The van der Waals surface area contributed by atoms with Crippen LogP contribution in [0.25, 0.3) is 0 Å². The number of benzene rings is 1. The average Bonchev–Trinajstić information content (AvgIpc) is 2.63. The van der Waals surface area contributed by atoms with Gasteiger partial charge in [-0.1, -0.05) is 28.1 Å². The van der Waals surface area contributed by atoms with E-state index >= 15 is 0 Å². The van der Waals surface area contributed by atoms with Crippen LogP contribution in [0.3, 0.4) is 0 Å². The molecular formula is C14H15Br2NS. The van der Waals surface area contributed by atoms with Gasteiger partial charge in [0.05, 0.1) is 6.04 Å². The standard InChI is InChI=1S/C14H15Br2NS/c1-8-4-5-10(12(16)6-8)14(17-3)13-7-11(15)9(2)18-13/h4-7,14,17H,1-3H3. The average molecular weight is 389 g/mol. The van der Waals surface area contributed by atoms with Crippen molar-refractivity contribution in [1.29, 1.82) is 0 Å². The first-order valence-electron chi connectivity index (χ1n) is 5.72. The van der Waals surface area contributed by atoms with E-state index in [1.807, 2.05) is 18.4 Å². The third-order valence-corrected chi connectivity index (χ3v) is 5.80. The molecule has 0 aliphatic rings. The number of rotatable bonds is 3. The van der Waals surface area contributed by atoms with Crippen LogP contribution in [0.4, 0.5) is 0 Å². The van der Waals surface area contributed by atoms with Gasteiger partial charge in [0.15, 0.2) is 0 Å². The van der Waals surface area contributed by atoms with Crippen LogP contribution in [0.2, 0.25) is 0 Å². The van der Waals surface area contributed by atoms with Gasteiger partial charge < -0.3 is 5.32 Å². The Labute approximate surface area is 129 Å². The molecule has 1 nitrogen and oxygen atoms in total. The molecule has 0 amide bonds. The van der Waals surface area contributed by atoms with Gasteiger partial charge in [0.25, 0.3) is 0 Å². The normalized spacial score (nSPS) is 12.7. The third-order valence-electron chi connectivity index (χ3n) is 2.92. The molecule has 1 unspecified atom stereocenters. The molecule has 96 valence electrons. The topological polar surface area (TPSA) is 12.0 Å². The lowest BCUT2D eigenvalue weighted by atomic mass is 10.0. The maximum Gasteiger partial charge on any atom is 0.0680 e. The second-order valence-electron chi connectivity index (χ2n) is 4.30. The zero-order valence-electron chi connectivity index (χ0n) is 10.6. The summed E-state index contributed by atoms with van der Waals surface area (Å²) < 4.78 is 2.34. The smallest absolute Gasteiger partial charge is 0.0680 e. The number of thiophene rings is 1. The lowest BCUT2D eigenvalue weighted by Crippen LogP contribution is -2.17. The molecule has 18 heavy (non-hydrogen) atoms. The number of hydrogen-bond acceptors (Lipinski definition) is 2. The molecule has 2 aromatic rings. The van der Waals surface area contributed by atoms with Crippen LogP contribution in [-0.4, -0.2) is 7.05 Å². The van der Waals surface area contributed by atoms with E-state index in [2.05, 4.69) is 75.3 Å². The fourth-order valence-electron chi connectivity index (χ4n) is 1.94. The first kappa shape index (κ1) is 14.3. The van der Waals surface area contributed by atoms with Gasteiger partial charge in [0.2, 0.25) is 0 Å². The second kappa shape index (κ2) is 5.87. The summed E-state index contributed by atoms with van der Waals surface area (Å²) in [5.41, 5.74) is 2.54. The van der Waals surface area contributed by atoms with Crippen molar-refractivity contribution in [3.8, 4) is 0 Å². The van der Waals surface area contributed by atoms with Crippen LogP contribution >= 0.6 is 43.2 Å². The lowest BCUT2D eigenvalue weighted by Gasteiger charge is -2.17. The Morgan fingerprint density at radius 1 is 1.11 bits per heavy atom.